The SMILES string of the molecule is COC(=O)c1cccc(NC(=O)N2CCC(CN3CCCCC3)C2)c1. The minimum absolute atomic E-state index is 0.0943. The van der Waals surface area contributed by atoms with Gasteiger partial charge in [-0.2, -0.15) is 0 Å². The average Bonchev–Trinajstić information content (AvgIpc) is 3.11. The molecule has 1 N–H and O–H groups in total. The van der Waals surface area contributed by atoms with Gasteiger partial charge in [-0.25, -0.2) is 9.59 Å². The zero-order chi connectivity index (χ0) is 17.6. The number of esters is 1. The van der Waals surface area contributed by atoms with E-state index in [0.29, 0.717) is 17.2 Å². The number of rotatable bonds is 4. The molecule has 2 amide bonds. The number of anilines is 1. The Labute approximate surface area is 149 Å². The van der Waals surface area contributed by atoms with Crippen molar-refractivity contribution in [3.05, 3.63) is 29.8 Å². The summed E-state index contributed by atoms with van der Waals surface area (Å²) in [5.74, 6) is 0.157. The molecule has 0 aliphatic carbocycles. The molecular formula is C19H27N3O3. The minimum atomic E-state index is -0.404. The maximum atomic E-state index is 12.5. The molecule has 0 aromatic heterocycles. The van der Waals surface area contributed by atoms with Crippen molar-refractivity contribution in [2.45, 2.75) is 25.7 Å². The molecular weight excluding hydrogens is 318 g/mol. The standard InChI is InChI=1S/C19H27N3O3/c1-25-18(23)16-6-5-7-17(12-16)20-19(24)22-11-8-15(14-22)13-21-9-3-2-4-10-21/h5-7,12,15H,2-4,8-11,13-14H2,1H3,(H,20,24). The van der Waals surface area contributed by atoms with Crippen LogP contribution in [0.2, 0.25) is 0 Å². The number of nitrogens with one attached hydrogen (secondary N) is 1. The van der Waals surface area contributed by atoms with Gasteiger partial charge in [0.25, 0.3) is 0 Å². The van der Waals surface area contributed by atoms with Crippen molar-refractivity contribution in [3.63, 3.8) is 0 Å². The summed E-state index contributed by atoms with van der Waals surface area (Å²) in [4.78, 5) is 28.5. The highest BCUT2D eigenvalue weighted by molar-refractivity contribution is 5.94. The largest absolute Gasteiger partial charge is 0.465 e. The van der Waals surface area contributed by atoms with Gasteiger partial charge in [0.05, 0.1) is 12.7 Å². The Morgan fingerprint density at radius 1 is 1.20 bits per heavy atom. The maximum absolute atomic E-state index is 12.5. The predicted molar refractivity (Wildman–Crippen MR) is 96.8 cm³/mol. The number of piperidine rings is 1. The fourth-order valence-electron chi connectivity index (χ4n) is 3.72. The number of hydrogen-bond acceptors (Lipinski definition) is 4. The van der Waals surface area contributed by atoms with Gasteiger partial charge in [-0.1, -0.05) is 12.5 Å². The lowest BCUT2D eigenvalue weighted by atomic mass is 10.1. The highest BCUT2D eigenvalue weighted by atomic mass is 16.5. The Morgan fingerprint density at radius 3 is 2.76 bits per heavy atom. The van der Waals surface area contributed by atoms with Gasteiger partial charge in [-0.3, -0.25) is 0 Å². The lowest BCUT2D eigenvalue weighted by Gasteiger charge is -2.29. The van der Waals surface area contributed by atoms with E-state index in [1.807, 2.05) is 4.90 Å². The van der Waals surface area contributed by atoms with Crippen LogP contribution in [-0.2, 0) is 4.74 Å². The molecule has 2 saturated heterocycles. The first-order chi connectivity index (χ1) is 12.2. The quantitative estimate of drug-likeness (QED) is 0.853. The lowest BCUT2D eigenvalue weighted by Crippen LogP contribution is -2.37. The van der Waals surface area contributed by atoms with Crippen molar-refractivity contribution < 1.29 is 14.3 Å². The third-order valence-corrected chi connectivity index (χ3v) is 5.07. The average molecular weight is 345 g/mol. The number of carbonyl (C=O) groups is 2. The number of urea groups is 1. The van der Waals surface area contributed by atoms with E-state index >= 15 is 0 Å². The fraction of sp³-hybridized carbons (Fsp3) is 0.579. The first-order valence-corrected chi connectivity index (χ1v) is 9.12. The molecule has 0 bridgehead atoms. The second kappa shape index (κ2) is 8.34. The normalized spacial score (nSPS) is 21.2. The number of carbonyl (C=O) groups excluding carboxylic acids is 2. The van der Waals surface area contributed by atoms with E-state index < -0.39 is 5.97 Å². The third-order valence-electron chi connectivity index (χ3n) is 5.07. The van der Waals surface area contributed by atoms with Crippen molar-refractivity contribution in [1.29, 1.82) is 0 Å². The second-order valence-electron chi connectivity index (χ2n) is 6.96. The molecule has 0 saturated carbocycles. The van der Waals surface area contributed by atoms with Crippen molar-refractivity contribution in [2.75, 3.05) is 45.2 Å². The van der Waals surface area contributed by atoms with E-state index in [9.17, 15) is 9.59 Å². The molecule has 1 unspecified atom stereocenters. The minimum Gasteiger partial charge on any atom is -0.465 e. The number of amides is 2. The number of methoxy groups -OCH3 is 1. The summed E-state index contributed by atoms with van der Waals surface area (Å²) in [5.41, 5.74) is 1.05. The van der Waals surface area contributed by atoms with Gasteiger partial charge in [-0.05, 0) is 56.5 Å². The molecule has 1 atom stereocenters. The molecule has 6 heteroatoms. The smallest absolute Gasteiger partial charge is 0.337 e. The van der Waals surface area contributed by atoms with E-state index in [1.54, 1.807) is 24.3 Å². The van der Waals surface area contributed by atoms with Crippen LogP contribution in [0.1, 0.15) is 36.0 Å². The van der Waals surface area contributed by atoms with E-state index in [0.717, 1.165) is 26.1 Å². The summed E-state index contributed by atoms with van der Waals surface area (Å²) in [7, 11) is 1.35. The fourth-order valence-corrected chi connectivity index (χ4v) is 3.72. The summed E-state index contributed by atoms with van der Waals surface area (Å²) < 4.78 is 4.72. The summed E-state index contributed by atoms with van der Waals surface area (Å²) in [5, 5.41) is 2.89. The van der Waals surface area contributed by atoms with E-state index in [2.05, 4.69) is 10.2 Å². The summed E-state index contributed by atoms with van der Waals surface area (Å²) in [6.45, 7) is 5.09. The van der Waals surface area contributed by atoms with Crippen molar-refractivity contribution >= 4 is 17.7 Å². The molecule has 1 aromatic rings. The topological polar surface area (TPSA) is 61.9 Å². The van der Waals surface area contributed by atoms with Gasteiger partial charge < -0.3 is 19.9 Å². The Balaban J connectivity index is 1.51. The molecule has 0 spiro atoms. The molecule has 2 aliphatic rings. The van der Waals surface area contributed by atoms with Crippen LogP contribution in [0.4, 0.5) is 10.5 Å². The van der Waals surface area contributed by atoms with Gasteiger partial charge in [-0.15, -0.1) is 0 Å². The zero-order valence-electron chi connectivity index (χ0n) is 14.9. The first-order valence-electron chi connectivity index (χ1n) is 9.12. The van der Waals surface area contributed by atoms with Crippen LogP contribution in [0.25, 0.3) is 0 Å². The molecule has 3 rings (SSSR count). The summed E-state index contributed by atoms with van der Waals surface area (Å²) >= 11 is 0. The van der Waals surface area contributed by atoms with Gasteiger partial charge in [0, 0.05) is 25.3 Å². The molecule has 2 fully saturated rings. The van der Waals surface area contributed by atoms with Crippen LogP contribution < -0.4 is 5.32 Å². The van der Waals surface area contributed by atoms with Crippen molar-refractivity contribution in [1.82, 2.24) is 9.80 Å². The monoisotopic (exact) mass is 345 g/mol. The number of ether oxygens (including phenoxy) is 1. The number of likely N-dealkylation sites (tertiary alicyclic amines) is 2. The third kappa shape index (κ3) is 4.72. The summed E-state index contributed by atoms with van der Waals surface area (Å²) in [6, 6.07) is 6.75. The number of nitrogens with zero attached hydrogens (tertiary/aromatic N) is 2. The molecule has 136 valence electrons. The Morgan fingerprint density at radius 2 is 2.00 bits per heavy atom. The zero-order valence-corrected chi connectivity index (χ0v) is 14.9. The van der Waals surface area contributed by atoms with Crippen LogP contribution in [0.5, 0.6) is 0 Å². The molecule has 6 nitrogen and oxygen atoms in total. The molecule has 1 aromatic carbocycles. The highest BCUT2D eigenvalue weighted by Crippen LogP contribution is 2.21. The highest BCUT2D eigenvalue weighted by Gasteiger charge is 2.28. The Hall–Kier alpha value is -2.08. The van der Waals surface area contributed by atoms with Gasteiger partial charge in [0.15, 0.2) is 0 Å². The number of hydrogen-bond donors (Lipinski definition) is 1. The Kier molecular flexibility index (Phi) is 5.91. The van der Waals surface area contributed by atoms with Crippen LogP contribution in [0.3, 0.4) is 0 Å². The van der Waals surface area contributed by atoms with Gasteiger partial charge in [0.1, 0.15) is 0 Å². The lowest BCUT2D eigenvalue weighted by molar-refractivity contribution is 0.0600. The first kappa shape index (κ1) is 17.7. The van der Waals surface area contributed by atoms with Gasteiger partial charge >= 0.3 is 12.0 Å². The summed E-state index contributed by atoms with van der Waals surface area (Å²) in [6.07, 6.45) is 5.01. The predicted octanol–water partition coefficient (Wildman–Crippen LogP) is 2.81. The molecule has 25 heavy (non-hydrogen) atoms. The van der Waals surface area contributed by atoms with Crippen molar-refractivity contribution in [2.24, 2.45) is 5.92 Å². The van der Waals surface area contributed by atoms with Crippen LogP contribution >= 0.6 is 0 Å². The van der Waals surface area contributed by atoms with E-state index in [4.69, 9.17) is 4.74 Å². The van der Waals surface area contributed by atoms with Crippen LogP contribution in [0, 0.1) is 5.92 Å². The number of benzene rings is 1. The molecule has 0 radical (unpaired) electrons. The molecule has 2 aliphatic heterocycles. The van der Waals surface area contributed by atoms with Crippen molar-refractivity contribution in [3.8, 4) is 0 Å². The van der Waals surface area contributed by atoms with Gasteiger partial charge in [0.2, 0.25) is 0 Å². The van der Waals surface area contributed by atoms with Crippen LogP contribution in [0.15, 0.2) is 24.3 Å². The Bertz CT molecular complexity index is 614. The van der Waals surface area contributed by atoms with E-state index in [-0.39, 0.29) is 6.03 Å². The van der Waals surface area contributed by atoms with Crippen LogP contribution in [-0.4, -0.2) is 61.6 Å². The van der Waals surface area contributed by atoms with E-state index in [1.165, 1.54) is 39.5 Å². The molecule has 2 heterocycles. The maximum Gasteiger partial charge on any atom is 0.337 e. The second-order valence-corrected chi connectivity index (χ2v) is 6.96.